The maximum Gasteiger partial charge on any atom is 0.278 e. The van der Waals surface area contributed by atoms with Crippen LogP contribution in [0.25, 0.3) is 16.3 Å². The van der Waals surface area contributed by atoms with Crippen molar-refractivity contribution in [3.05, 3.63) is 78.0 Å². The molecule has 1 aliphatic rings. The largest absolute Gasteiger partial charge is 0.493 e. The second-order valence-corrected chi connectivity index (χ2v) is 8.70. The van der Waals surface area contributed by atoms with E-state index < -0.39 is 0 Å². The van der Waals surface area contributed by atoms with Gasteiger partial charge in [-0.05, 0) is 48.9 Å². The van der Waals surface area contributed by atoms with Crippen LogP contribution in [0, 0.1) is 5.92 Å². The van der Waals surface area contributed by atoms with Crippen LogP contribution in [-0.2, 0) is 9.59 Å². The lowest BCUT2D eigenvalue weighted by molar-refractivity contribution is -0.138. The molecule has 32 heavy (non-hydrogen) atoms. The van der Waals surface area contributed by atoms with Crippen LogP contribution in [0.15, 0.2) is 72.4 Å². The molecule has 0 unspecified atom stereocenters. The van der Waals surface area contributed by atoms with E-state index in [0.29, 0.717) is 29.4 Å². The predicted molar refractivity (Wildman–Crippen MR) is 128 cm³/mol. The average molecular weight is 429 g/mol. The Morgan fingerprint density at radius 1 is 0.844 bits per heavy atom. The number of hydrogen-bond donors (Lipinski definition) is 1. The molecule has 0 saturated carbocycles. The van der Waals surface area contributed by atoms with E-state index in [2.05, 4.69) is 19.2 Å². The third-order valence-electron chi connectivity index (χ3n) is 5.41. The molecule has 3 aromatic rings. The summed E-state index contributed by atoms with van der Waals surface area (Å²) in [4.78, 5) is 27.9. The van der Waals surface area contributed by atoms with Gasteiger partial charge in [0.1, 0.15) is 11.4 Å². The molecule has 0 aliphatic carbocycles. The van der Waals surface area contributed by atoms with Gasteiger partial charge in [-0.2, -0.15) is 0 Å². The number of amides is 2. The fourth-order valence-corrected chi connectivity index (χ4v) is 3.85. The highest BCUT2D eigenvalue weighted by Gasteiger charge is 2.40. The Kier molecular flexibility index (Phi) is 5.99. The third-order valence-corrected chi connectivity index (χ3v) is 5.41. The van der Waals surface area contributed by atoms with E-state index in [1.807, 2.05) is 80.6 Å². The minimum absolute atomic E-state index is 0.245. The van der Waals surface area contributed by atoms with Crippen LogP contribution in [0.1, 0.15) is 33.3 Å². The summed E-state index contributed by atoms with van der Waals surface area (Å²) in [6.45, 7) is 8.49. The number of anilines is 1. The highest BCUT2D eigenvalue weighted by atomic mass is 16.5. The second kappa shape index (κ2) is 8.87. The molecule has 0 fully saturated rings. The Morgan fingerprint density at radius 3 is 2.22 bits per heavy atom. The van der Waals surface area contributed by atoms with Gasteiger partial charge in [0.05, 0.1) is 12.2 Å². The number of carbonyl (C=O) groups excluding carboxylic acids is 2. The van der Waals surface area contributed by atoms with Gasteiger partial charge in [-0.3, -0.25) is 14.5 Å². The molecule has 0 aromatic heterocycles. The van der Waals surface area contributed by atoms with Crippen molar-refractivity contribution in [1.82, 2.24) is 4.90 Å². The summed E-state index contributed by atoms with van der Waals surface area (Å²) < 4.78 is 5.77. The standard InChI is InChI=1S/C27H28N2O3/c1-17(2)16-32-21-14-12-20(13-15-21)24-25(27(31)29(18(3)4)26(24)30)28-23-11-7-9-19-8-5-6-10-22(19)23/h5-15,17-18,28H,16H2,1-4H3. The Hall–Kier alpha value is -3.60. The molecule has 164 valence electrons. The molecule has 1 aliphatic heterocycles. The van der Waals surface area contributed by atoms with Gasteiger partial charge in [-0.25, -0.2) is 0 Å². The quantitative estimate of drug-likeness (QED) is 0.507. The highest BCUT2D eigenvalue weighted by Crippen LogP contribution is 2.34. The van der Waals surface area contributed by atoms with Gasteiger partial charge in [-0.15, -0.1) is 0 Å². The molecule has 0 spiro atoms. The Balaban J connectivity index is 1.76. The minimum atomic E-state index is -0.312. The van der Waals surface area contributed by atoms with E-state index in [9.17, 15) is 9.59 Å². The van der Waals surface area contributed by atoms with Crippen molar-refractivity contribution < 1.29 is 14.3 Å². The lowest BCUT2D eigenvalue weighted by atomic mass is 10.0. The van der Waals surface area contributed by atoms with E-state index in [0.717, 1.165) is 22.2 Å². The number of hydrogen-bond acceptors (Lipinski definition) is 4. The van der Waals surface area contributed by atoms with Gasteiger partial charge in [-0.1, -0.05) is 62.4 Å². The first-order valence-corrected chi connectivity index (χ1v) is 11.0. The average Bonchev–Trinajstić information content (AvgIpc) is 3.02. The Bertz CT molecular complexity index is 1190. The maximum atomic E-state index is 13.3. The normalized spacial score (nSPS) is 14.2. The highest BCUT2D eigenvalue weighted by molar-refractivity contribution is 6.36. The van der Waals surface area contributed by atoms with Gasteiger partial charge >= 0.3 is 0 Å². The number of rotatable bonds is 7. The SMILES string of the molecule is CC(C)COc1ccc(C2=C(Nc3cccc4ccccc34)C(=O)N(C(C)C)C2=O)cc1. The van der Waals surface area contributed by atoms with Crippen LogP contribution < -0.4 is 10.1 Å². The first kappa shape index (κ1) is 21.6. The molecule has 0 radical (unpaired) electrons. The first-order chi connectivity index (χ1) is 15.4. The van der Waals surface area contributed by atoms with Crippen molar-refractivity contribution >= 4 is 33.8 Å². The summed E-state index contributed by atoms with van der Waals surface area (Å²) in [6.07, 6.45) is 0. The lowest BCUT2D eigenvalue weighted by Gasteiger charge is -2.19. The topological polar surface area (TPSA) is 58.6 Å². The van der Waals surface area contributed by atoms with E-state index in [1.54, 1.807) is 0 Å². The molecule has 1 N–H and O–H groups in total. The maximum absolute atomic E-state index is 13.3. The summed E-state index contributed by atoms with van der Waals surface area (Å²) >= 11 is 0. The van der Waals surface area contributed by atoms with Crippen LogP contribution in [0.4, 0.5) is 5.69 Å². The summed E-state index contributed by atoms with van der Waals surface area (Å²) in [6, 6.07) is 21.0. The number of nitrogens with one attached hydrogen (secondary N) is 1. The number of carbonyl (C=O) groups is 2. The molecule has 2 amide bonds. The number of ether oxygens (including phenoxy) is 1. The summed E-state index contributed by atoms with van der Waals surface area (Å²) in [7, 11) is 0. The molecule has 3 aromatic carbocycles. The lowest BCUT2D eigenvalue weighted by Crippen LogP contribution is -2.38. The molecule has 0 saturated heterocycles. The van der Waals surface area contributed by atoms with E-state index in [4.69, 9.17) is 4.74 Å². The van der Waals surface area contributed by atoms with Gasteiger partial charge < -0.3 is 10.1 Å². The zero-order chi connectivity index (χ0) is 22.8. The van der Waals surface area contributed by atoms with Crippen LogP contribution >= 0.6 is 0 Å². The summed E-state index contributed by atoms with van der Waals surface area (Å²) in [5.74, 6) is 0.559. The van der Waals surface area contributed by atoms with Crippen molar-refractivity contribution in [3.63, 3.8) is 0 Å². The molecule has 5 heteroatoms. The van der Waals surface area contributed by atoms with Gasteiger partial charge in [0.15, 0.2) is 0 Å². The zero-order valence-electron chi connectivity index (χ0n) is 18.9. The van der Waals surface area contributed by atoms with Crippen molar-refractivity contribution in [2.75, 3.05) is 11.9 Å². The smallest absolute Gasteiger partial charge is 0.278 e. The number of imide groups is 1. The van der Waals surface area contributed by atoms with Crippen LogP contribution in [0.3, 0.4) is 0 Å². The summed E-state index contributed by atoms with van der Waals surface area (Å²) in [5, 5.41) is 5.34. The second-order valence-electron chi connectivity index (χ2n) is 8.70. The van der Waals surface area contributed by atoms with E-state index in [1.165, 1.54) is 4.90 Å². The van der Waals surface area contributed by atoms with Crippen molar-refractivity contribution in [1.29, 1.82) is 0 Å². The van der Waals surface area contributed by atoms with Crippen LogP contribution in [0.2, 0.25) is 0 Å². The van der Waals surface area contributed by atoms with Crippen molar-refractivity contribution in [3.8, 4) is 5.75 Å². The predicted octanol–water partition coefficient (Wildman–Crippen LogP) is 5.48. The molecule has 0 bridgehead atoms. The fraction of sp³-hybridized carbons (Fsp3) is 0.259. The Morgan fingerprint density at radius 2 is 1.53 bits per heavy atom. The zero-order valence-corrected chi connectivity index (χ0v) is 18.9. The van der Waals surface area contributed by atoms with Crippen molar-refractivity contribution in [2.24, 2.45) is 5.92 Å². The van der Waals surface area contributed by atoms with Crippen molar-refractivity contribution in [2.45, 2.75) is 33.7 Å². The van der Waals surface area contributed by atoms with Crippen LogP contribution in [0.5, 0.6) is 5.75 Å². The summed E-state index contributed by atoms with van der Waals surface area (Å²) in [5.41, 5.74) is 2.16. The van der Waals surface area contributed by atoms with Crippen LogP contribution in [-0.4, -0.2) is 29.4 Å². The molecule has 5 nitrogen and oxygen atoms in total. The molecule has 4 rings (SSSR count). The number of fused-ring (bicyclic) bond motifs is 1. The molecule has 0 atom stereocenters. The number of nitrogens with zero attached hydrogens (tertiary/aromatic N) is 1. The van der Waals surface area contributed by atoms with E-state index >= 15 is 0 Å². The fourth-order valence-electron chi connectivity index (χ4n) is 3.85. The molecular weight excluding hydrogens is 400 g/mol. The minimum Gasteiger partial charge on any atom is -0.493 e. The monoisotopic (exact) mass is 428 g/mol. The Labute approximate surface area is 188 Å². The molecule has 1 heterocycles. The van der Waals surface area contributed by atoms with Gasteiger partial charge in [0.2, 0.25) is 0 Å². The first-order valence-electron chi connectivity index (χ1n) is 11.0. The van der Waals surface area contributed by atoms with E-state index in [-0.39, 0.29) is 17.9 Å². The number of benzene rings is 3. The molecular formula is C27H28N2O3. The van der Waals surface area contributed by atoms with Gasteiger partial charge in [0.25, 0.3) is 11.8 Å². The third kappa shape index (κ3) is 4.11. The van der Waals surface area contributed by atoms with Gasteiger partial charge in [0, 0.05) is 17.1 Å².